The van der Waals surface area contributed by atoms with Crippen molar-refractivity contribution in [2.24, 2.45) is 11.8 Å². The fourth-order valence-corrected chi connectivity index (χ4v) is 4.33. The average Bonchev–Trinajstić information content (AvgIpc) is 2.54. The van der Waals surface area contributed by atoms with Crippen LogP contribution in [0.1, 0.15) is 69.4 Å². The first-order chi connectivity index (χ1) is 10.7. The molecule has 1 aromatic rings. The minimum Gasteiger partial charge on any atom is -0.207 e. The monoisotopic (exact) mass is 300 g/mol. The van der Waals surface area contributed by atoms with Crippen molar-refractivity contribution in [2.45, 2.75) is 71.1 Å². The Kier molecular flexibility index (Phi) is 5.33. The first-order valence-corrected chi connectivity index (χ1v) is 9.19. The van der Waals surface area contributed by atoms with E-state index in [0.717, 1.165) is 24.7 Å². The molecular weight excluding hydrogens is 271 g/mol. The van der Waals surface area contributed by atoms with E-state index >= 15 is 0 Å². The third-order valence-corrected chi connectivity index (χ3v) is 5.73. The first kappa shape index (κ1) is 15.8. The van der Waals surface area contributed by atoms with Gasteiger partial charge < -0.3 is 0 Å². The topological polar surface area (TPSA) is 0 Å². The Morgan fingerprint density at radius 3 is 2.45 bits per heavy atom. The summed E-state index contributed by atoms with van der Waals surface area (Å²) in [5.41, 5.74) is 4.06. The Morgan fingerprint density at radius 2 is 1.73 bits per heavy atom. The lowest BCUT2D eigenvalue weighted by Crippen LogP contribution is -2.15. The van der Waals surface area contributed by atoms with Gasteiger partial charge in [-0.25, -0.2) is 4.39 Å². The summed E-state index contributed by atoms with van der Waals surface area (Å²) in [6.45, 7) is 2.31. The summed E-state index contributed by atoms with van der Waals surface area (Å²) < 4.78 is 13.4. The highest BCUT2D eigenvalue weighted by Gasteiger charge is 2.21. The number of hydrogen-bond donors (Lipinski definition) is 0. The lowest BCUT2D eigenvalue weighted by molar-refractivity contribution is 0.252. The molecule has 0 nitrogen and oxygen atoms in total. The van der Waals surface area contributed by atoms with E-state index in [-0.39, 0.29) is 5.82 Å². The molecule has 0 heterocycles. The molecule has 0 N–H and O–H groups in total. The largest absolute Gasteiger partial charge is 0.207 e. The maximum atomic E-state index is 13.4. The van der Waals surface area contributed by atoms with Gasteiger partial charge in [0.15, 0.2) is 0 Å². The molecule has 3 rings (SSSR count). The summed E-state index contributed by atoms with van der Waals surface area (Å²) in [5, 5.41) is 0. The van der Waals surface area contributed by atoms with Gasteiger partial charge in [-0.2, -0.15) is 0 Å². The smallest absolute Gasteiger partial charge is 0.123 e. The molecule has 1 heteroatoms. The quantitative estimate of drug-likeness (QED) is 0.565. The Hall–Kier alpha value is -1.11. The second-order valence-electron chi connectivity index (χ2n) is 7.37. The van der Waals surface area contributed by atoms with E-state index in [1.54, 1.807) is 12.1 Å². The van der Waals surface area contributed by atoms with Gasteiger partial charge in [0.1, 0.15) is 5.82 Å². The SMILES string of the molecule is CCCC1CCC(CCC2=CCc3ccc(F)cc3C2)CC1. The van der Waals surface area contributed by atoms with Crippen molar-refractivity contribution in [3.8, 4) is 0 Å². The summed E-state index contributed by atoms with van der Waals surface area (Å²) in [6, 6.07) is 5.28. The molecule has 0 aromatic heterocycles. The summed E-state index contributed by atoms with van der Waals surface area (Å²) in [7, 11) is 0. The predicted molar refractivity (Wildman–Crippen MR) is 91.5 cm³/mol. The highest BCUT2D eigenvalue weighted by Crippen LogP contribution is 2.35. The molecule has 0 amide bonds. The van der Waals surface area contributed by atoms with Crippen LogP contribution in [-0.4, -0.2) is 0 Å². The maximum Gasteiger partial charge on any atom is 0.123 e. The number of hydrogen-bond acceptors (Lipinski definition) is 0. The molecule has 0 saturated heterocycles. The molecule has 1 fully saturated rings. The normalized spacial score (nSPS) is 24.7. The molecule has 0 spiro atoms. The van der Waals surface area contributed by atoms with Crippen LogP contribution in [0.5, 0.6) is 0 Å². The van der Waals surface area contributed by atoms with Crippen LogP contribution in [0.25, 0.3) is 0 Å². The van der Waals surface area contributed by atoms with Crippen molar-refractivity contribution in [2.75, 3.05) is 0 Å². The van der Waals surface area contributed by atoms with Crippen LogP contribution >= 0.6 is 0 Å². The van der Waals surface area contributed by atoms with E-state index in [4.69, 9.17) is 0 Å². The third kappa shape index (κ3) is 4.00. The fraction of sp³-hybridized carbons (Fsp3) is 0.619. The van der Waals surface area contributed by atoms with Crippen molar-refractivity contribution < 1.29 is 4.39 Å². The second kappa shape index (κ2) is 7.44. The zero-order chi connectivity index (χ0) is 15.4. The van der Waals surface area contributed by atoms with Crippen molar-refractivity contribution >= 4 is 0 Å². The number of rotatable bonds is 5. The van der Waals surface area contributed by atoms with Crippen LogP contribution in [0.2, 0.25) is 0 Å². The van der Waals surface area contributed by atoms with Gasteiger partial charge in [0.2, 0.25) is 0 Å². The van der Waals surface area contributed by atoms with Gasteiger partial charge in [0.05, 0.1) is 0 Å². The number of halogens is 1. The van der Waals surface area contributed by atoms with Crippen molar-refractivity contribution in [3.05, 3.63) is 46.8 Å². The van der Waals surface area contributed by atoms with Crippen LogP contribution in [0, 0.1) is 17.7 Å². The molecule has 1 saturated carbocycles. The average molecular weight is 300 g/mol. The van der Waals surface area contributed by atoms with Gasteiger partial charge in [-0.1, -0.05) is 63.2 Å². The van der Waals surface area contributed by atoms with E-state index in [1.807, 2.05) is 6.07 Å². The van der Waals surface area contributed by atoms with Crippen molar-refractivity contribution in [1.82, 2.24) is 0 Å². The van der Waals surface area contributed by atoms with Gasteiger partial charge in [0, 0.05) is 0 Å². The van der Waals surface area contributed by atoms with E-state index in [2.05, 4.69) is 13.0 Å². The van der Waals surface area contributed by atoms with Crippen LogP contribution in [0.15, 0.2) is 29.8 Å². The van der Waals surface area contributed by atoms with Gasteiger partial charge >= 0.3 is 0 Å². The molecule has 22 heavy (non-hydrogen) atoms. The molecular formula is C21H29F. The molecule has 0 aliphatic heterocycles. The summed E-state index contributed by atoms with van der Waals surface area (Å²) >= 11 is 0. The molecule has 2 aliphatic carbocycles. The molecule has 0 atom stereocenters. The van der Waals surface area contributed by atoms with Crippen LogP contribution in [0.4, 0.5) is 4.39 Å². The Balaban J connectivity index is 1.46. The molecule has 1 aromatic carbocycles. The van der Waals surface area contributed by atoms with E-state index < -0.39 is 0 Å². The molecule has 0 bridgehead atoms. The van der Waals surface area contributed by atoms with Crippen LogP contribution < -0.4 is 0 Å². The highest BCUT2D eigenvalue weighted by molar-refractivity contribution is 5.37. The molecule has 120 valence electrons. The number of benzene rings is 1. The van der Waals surface area contributed by atoms with Crippen molar-refractivity contribution in [3.63, 3.8) is 0 Å². The molecule has 0 radical (unpaired) electrons. The molecule has 2 aliphatic rings. The zero-order valence-corrected chi connectivity index (χ0v) is 13.9. The molecule has 0 unspecified atom stereocenters. The van der Waals surface area contributed by atoms with Crippen LogP contribution in [0.3, 0.4) is 0 Å². The van der Waals surface area contributed by atoms with Gasteiger partial charge in [-0.05, 0) is 60.8 Å². The zero-order valence-electron chi connectivity index (χ0n) is 13.9. The summed E-state index contributed by atoms with van der Waals surface area (Å²) in [5.74, 6) is 1.85. The van der Waals surface area contributed by atoms with Gasteiger partial charge in [0.25, 0.3) is 0 Å². The minimum atomic E-state index is -0.0887. The van der Waals surface area contributed by atoms with E-state index in [9.17, 15) is 4.39 Å². The first-order valence-electron chi connectivity index (χ1n) is 9.19. The Bertz CT molecular complexity index is 521. The number of fused-ring (bicyclic) bond motifs is 1. The van der Waals surface area contributed by atoms with Crippen molar-refractivity contribution in [1.29, 1.82) is 0 Å². The standard InChI is InChI=1S/C21H29F/c1-2-3-16-4-6-17(7-5-16)8-9-18-10-11-19-12-13-21(22)15-20(19)14-18/h10,12-13,15-17H,2-9,11,14H2,1H3. The third-order valence-electron chi connectivity index (χ3n) is 5.73. The maximum absolute atomic E-state index is 13.4. The second-order valence-corrected chi connectivity index (χ2v) is 7.37. The van der Waals surface area contributed by atoms with E-state index in [0.29, 0.717) is 0 Å². The highest BCUT2D eigenvalue weighted by atomic mass is 19.1. The Labute approximate surface area is 134 Å². The summed E-state index contributed by atoms with van der Waals surface area (Å²) in [4.78, 5) is 0. The minimum absolute atomic E-state index is 0.0887. The predicted octanol–water partition coefficient (Wildman–Crippen LogP) is 6.24. The van der Waals surface area contributed by atoms with Gasteiger partial charge in [-0.15, -0.1) is 0 Å². The van der Waals surface area contributed by atoms with Gasteiger partial charge in [-0.3, -0.25) is 0 Å². The van der Waals surface area contributed by atoms with E-state index in [1.165, 1.54) is 68.1 Å². The fourth-order valence-electron chi connectivity index (χ4n) is 4.33. The lowest BCUT2D eigenvalue weighted by Gasteiger charge is -2.29. The Morgan fingerprint density at radius 1 is 1.00 bits per heavy atom. The lowest BCUT2D eigenvalue weighted by atomic mass is 9.77. The van der Waals surface area contributed by atoms with Crippen LogP contribution in [-0.2, 0) is 12.8 Å². The number of allylic oxidation sites excluding steroid dienone is 2. The summed E-state index contributed by atoms with van der Waals surface area (Å²) in [6.07, 6.45) is 15.5.